The average molecular weight is 309 g/mol. The fourth-order valence-corrected chi connectivity index (χ4v) is 2.79. The summed E-state index contributed by atoms with van der Waals surface area (Å²) < 4.78 is 44.2. The third kappa shape index (κ3) is 3.44. The van der Waals surface area contributed by atoms with E-state index in [1.54, 1.807) is 0 Å². The SMILES string of the molecule is COc1ccc(S(=O)(=O)NC(CO)(CO)CO)cc1F. The van der Waals surface area contributed by atoms with Crippen molar-refractivity contribution in [3.63, 3.8) is 0 Å². The van der Waals surface area contributed by atoms with E-state index in [0.717, 1.165) is 18.2 Å². The number of aliphatic hydroxyl groups is 3. The van der Waals surface area contributed by atoms with Gasteiger partial charge in [0.15, 0.2) is 11.6 Å². The van der Waals surface area contributed by atoms with Crippen LogP contribution in [0, 0.1) is 5.82 Å². The first-order chi connectivity index (χ1) is 9.34. The molecule has 4 N–H and O–H groups in total. The molecule has 7 nitrogen and oxygen atoms in total. The Balaban J connectivity index is 3.14. The zero-order valence-corrected chi connectivity index (χ0v) is 11.5. The molecular weight excluding hydrogens is 293 g/mol. The van der Waals surface area contributed by atoms with Crippen LogP contribution in [0.25, 0.3) is 0 Å². The van der Waals surface area contributed by atoms with Crippen LogP contribution >= 0.6 is 0 Å². The molecule has 0 saturated carbocycles. The van der Waals surface area contributed by atoms with Gasteiger partial charge in [-0.05, 0) is 18.2 Å². The molecule has 0 aromatic heterocycles. The normalized spacial score (nSPS) is 12.4. The van der Waals surface area contributed by atoms with Gasteiger partial charge in [-0.25, -0.2) is 12.8 Å². The van der Waals surface area contributed by atoms with Gasteiger partial charge >= 0.3 is 0 Å². The van der Waals surface area contributed by atoms with E-state index in [4.69, 9.17) is 15.3 Å². The highest BCUT2D eigenvalue weighted by molar-refractivity contribution is 7.89. The predicted octanol–water partition coefficient (Wildman–Crippen LogP) is -1.17. The van der Waals surface area contributed by atoms with E-state index >= 15 is 0 Å². The zero-order valence-electron chi connectivity index (χ0n) is 10.7. The fraction of sp³-hybridized carbons (Fsp3) is 0.455. The van der Waals surface area contributed by atoms with Crippen molar-refractivity contribution in [2.75, 3.05) is 26.9 Å². The minimum Gasteiger partial charge on any atom is -0.494 e. The molecule has 1 rings (SSSR count). The number of aliphatic hydroxyl groups excluding tert-OH is 3. The van der Waals surface area contributed by atoms with E-state index in [0.29, 0.717) is 0 Å². The van der Waals surface area contributed by atoms with Crippen molar-refractivity contribution in [1.29, 1.82) is 0 Å². The molecule has 0 unspecified atom stereocenters. The Kier molecular flexibility index (Phi) is 5.42. The zero-order chi connectivity index (χ0) is 15.4. The van der Waals surface area contributed by atoms with Crippen molar-refractivity contribution < 1.29 is 32.9 Å². The maximum Gasteiger partial charge on any atom is 0.241 e. The molecule has 1 aromatic carbocycles. The number of hydrogen-bond acceptors (Lipinski definition) is 6. The maximum absolute atomic E-state index is 13.5. The molecule has 9 heteroatoms. The van der Waals surface area contributed by atoms with Crippen LogP contribution in [-0.4, -0.2) is 56.2 Å². The van der Waals surface area contributed by atoms with Gasteiger partial charge in [-0.2, -0.15) is 4.72 Å². The summed E-state index contributed by atoms with van der Waals surface area (Å²) in [5.41, 5.74) is -1.82. The van der Waals surface area contributed by atoms with Gasteiger partial charge in [0.05, 0.1) is 31.8 Å². The molecule has 1 aromatic rings. The monoisotopic (exact) mass is 309 g/mol. The third-order valence-electron chi connectivity index (χ3n) is 2.69. The van der Waals surface area contributed by atoms with Gasteiger partial charge in [-0.3, -0.25) is 0 Å². The van der Waals surface area contributed by atoms with Gasteiger partial charge in [0.2, 0.25) is 10.0 Å². The minimum absolute atomic E-state index is 0.123. The highest BCUT2D eigenvalue weighted by Crippen LogP contribution is 2.21. The number of sulfonamides is 1. The van der Waals surface area contributed by atoms with Gasteiger partial charge in [-0.15, -0.1) is 0 Å². The molecule has 0 saturated heterocycles. The van der Waals surface area contributed by atoms with Gasteiger partial charge in [0.1, 0.15) is 5.54 Å². The van der Waals surface area contributed by atoms with Crippen molar-refractivity contribution in [2.24, 2.45) is 0 Å². The number of methoxy groups -OCH3 is 1. The second-order valence-corrected chi connectivity index (χ2v) is 5.84. The molecule has 0 heterocycles. The molecule has 0 radical (unpaired) electrons. The smallest absolute Gasteiger partial charge is 0.241 e. The van der Waals surface area contributed by atoms with Crippen LogP contribution < -0.4 is 9.46 Å². The molecule has 114 valence electrons. The minimum atomic E-state index is -4.23. The fourth-order valence-electron chi connectivity index (χ4n) is 1.41. The highest BCUT2D eigenvalue weighted by atomic mass is 32.2. The predicted molar refractivity (Wildman–Crippen MR) is 67.3 cm³/mol. The summed E-state index contributed by atoms with van der Waals surface area (Å²) in [5.74, 6) is -1.00. The highest BCUT2D eigenvalue weighted by Gasteiger charge is 2.34. The lowest BCUT2D eigenvalue weighted by atomic mass is 10.1. The van der Waals surface area contributed by atoms with Crippen LogP contribution in [0.4, 0.5) is 4.39 Å². The van der Waals surface area contributed by atoms with Gasteiger partial charge < -0.3 is 20.1 Å². The Bertz CT molecular complexity index is 550. The topological polar surface area (TPSA) is 116 Å². The van der Waals surface area contributed by atoms with E-state index in [1.807, 2.05) is 4.72 Å². The van der Waals surface area contributed by atoms with Crippen molar-refractivity contribution >= 4 is 10.0 Å². The molecule has 0 aliphatic rings. The van der Waals surface area contributed by atoms with Crippen LogP contribution in [0.3, 0.4) is 0 Å². The summed E-state index contributed by atoms with van der Waals surface area (Å²) in [6.45, 7) is -2.46. The van der Waals surface area contributed by atoms with Crippen LogP contribution in [0.15, 0.2) is 23.1 Å². The second-order valence-electron chi connectivity index (χ2n) is 4.16. The van der Waals surface area contributed by atoms with Crippen LogP contribution in [-0.2, 0) is 10.0 Å². The number of rotatable bonds is 7. The summed E-state index contributed by atoms with van der Waals surface area (Å²) in [7, 11) is -2.99. The molecule has 20 heavy (non-hydrogen) atoms. The molecular formula is C11H16FNO6S. The van der Waals surface area contributed by atoms with Crippen LogP contribution in [0.5, 0.6) is 5.75 Å². The number of hydrogen-bond donors (Lipinski definition) is 4. The van der Waals surface area contributed by atoms with Gasteiger partial charge in [-0.1, -0.05) is 0 Å². The van der Waals surface area contributed by atoms with E-state index in [1.165, 1.54) is 7.11 Å². The number of ether oxygens (including phenoxy) is 1. The summed E-state index contributed by atoms with van der Waals surface area (Å²) in [4.78, 5) is -0.421. The molecule has 0 bridgehead atoms. The largest absolute Gasteiger partial charge is 0.494 e. The molecule has 0 aliphatic heterocycles. The number of benzene rings is 1. The lowest BCUT2D eigenvalue weighted by Gasteiger charge is -2.28. The lowest BCUT2D eigenvalue weighted by Crippen LogP contribution is -2.56. The molecule has 0 spiro atoms. The summed E-state index contributed by atoms with van der Waals surface area (Å²) in [6, 6.07) is 2.96. The number of halogens is 1. The van der Waals surface area contributed by atoms with Crippen molar-refractivity contribution in [3.05, 3.63) is 24.0 Å². The quantitative estimate of drug-likeness (QED) is 0.504. The van der Waals surface area contributed by atoms with Crippen molar-refractivity contribution in [1.82, 2.24) is 4.72 Å². The van der Waals surface area contributed by atoms with E-state index in [2.05, 4.69) is 4.74 Å². The van der Waals surface area contributed by atoms with Gasteiger partial charge in [0, 0.05) is 0 Å². The Morgan fingerprint density at radius 2 is 1.80 bits per heavy atom. The lowest BCUT2D eigenvalue weighted by molar-refractivity contribution is 0.0582. The Morgan fingerprint density at radius 3 is 2.20 bits per heavy atom. The molecule has 0 amide bonds. The summed E-state index contributed by atoms with van der Waals surface area (Å²) in [5, 5.41) is 27.2. The average Bonchev–Trinajstić information content (AvgIpc) is 2.44. The Labute approximate surface area is 115 Å². The molecule has 0 atom stereocenters. The molecule has 0 aliphatic carbocycles. The van der Waals surface area contributed by atoms with Crippen molar-refractivity contribution in [3.8, 4) is 5.75 Å². The maximum atomic E-state index is 13.5. The van der Waals surface area contributed by atoms with Crippen molar-refractivity contribution in [2.45, 2.75) is 10.4 Å². The van der Waals surface area contributed by atoms with Crippen LogP contribution in [0.1, 0.15) is 0 Å². The van der Waals surface area contributed by atoms with E-state index in [9.17, 15) is 12.8 Å². The van der Waals surface area contributed by atoms with Gasteiger partial charge in [0.25, 0.3) is 0 Å². The summed E-state index contributed by atoms with van der Waals surface area (Å²) >= 11 is 0. The standard InChI is InChI=1S/C11H16FNO6S/c1-19-10-3-2-8(4-9(10)12)20(17,18)13-11(5-14,6-15)7-16/h2-4,13-16H,5-7H2,1H3. The van der Waals surface area contributed by atoms with E-state index < -0.39 is 46.1 Å². The molecule has 0 fully saturated rings. The Morgan fingerprint density at radius 1 is 1.25 bits per heavy atom. The van der Waals surface area contributed by atoms with E-state index in [-0.39, 0.29) is 5.75 Å². The van der Waals surface area contributed by atoms with Crippen LogP contribution in [0.2, 0.25) is 0 Å². The first-order valence-corrected chi connectivity index (χ1v) is 7.02. The first-order valence-electron chi connectivity index (χ1n) is 5.54. The second kappa shape index (κ2) is 6.46. The number of nitrogens with one attached hydrogen (secondary N) is 1. The first kappa shape index (κ1) is 16.8. The Hall–Kier alpha value is -1.26. The summed E-state index contributed by atoms with van der Waals surface area (Å²) in [6.07, 6.45) is 0. The third-order valence-corrected chi connectivity index (χ3v) is 4.27.